The Labute approximate surface area is 114 Å². The zero-order valence-corrected chi connectivity index (χ0v) is 11.5. The SMILES string of the molecule is CNNC(=O)CCCc1ccc2cc(C)ccc2c1. The zero-order chi connectivity index (χ0) is 13.7. The molecule has 3 nitrogen and oxygen atoms in total. The fourth-order valence-electron chi connectivity index (χ4n) is 2.23. The minimum absolute atomic E-state index is 0.0407. The lowest BCUT2D eigenvalue weighted by molar-refractivity contribution is -0.122. The standard InChI is InChI=1S/C16H20N2O/c1-12-6-8-15-11-13(7-9-14(15)10-12)4-3-5-16(19)18-17-2/h6-11,17H,3-5H2,1-2H3,(H,18,19). The van der Waals surface area contributed by atoms with Crippen molar-refractivity contribution >= 4 is 16.7 Å². The van der Waals surface area contributed by atoms with Gasteiger partial charge in [-0.25, -0.2) is 5.43 Å². The summed E-state index contributed by atoms with van der Waals surface area (Å²) in [6.45, 7) is 2.10. The normalized spacial score (nSPS) is 10.6. The van der Waals surface area contributed by atoms with E-state index in [2.05, 4.69) is 54.2 Å². The van der Waals surface area contributed by atoms with Gasteiger partial charge in [-0.3, -0.25) is 10.2 Å². The minimum atomic E-state index is 0.0407. The van der Waals surface area contributed by atoms with Crippen LogP contribution in [0.4, 0.5) is 0 Å². The number of nitrogens with one attached hydrogen (secondary N) is 2. The molecule has 0 aromatic heterocycles. The highest BCUT2D eigenvalue weighted by Gasteiger charge is 2.01. The maximum atomic E-state index is 11.3. The van der Waals surface area contributed by atoms with Crippen LogP contribution >= 0.6 is 0 Å². The Balaban J connectivity index is 1.98. The fraction of sp³-hybridized carbons (Fsp3) is 0.312. The molecule has 3 heteroatoms. The lowest BCUT2D eigenvalue weighted by Gasteiger charge is -2.05. The van der Waals surface area contributed by atoms with Crippen molar-refractivity contribution in [3.63, 3.8) is 0 Å². The van der Waals surface area contributed by atoms with Gasteiger partial charge in [0.1, 0.15) is 0 Å². The van der Waals surface area contributed by atoms with Crippen LogP contribution in [0.5, 0.6) is 0 Å². The van der Waals surface area contributed by atoms with Crippen molar-refractivity contribution in [1.82, 2.24) is 10.9 Å². The molecule has 2 aromatic rings. The van der Waals surface area contributed by atoms with Crippen LogP contribution in [0.1, 0.15) is 24.0 Å². The van der Waals surface area contributed by atoms with Crippen LogP contribution in [-0.2, 0) is 11.2 Å². The summed E-state index contributed by atoms with van der Waals surface area (Å²) >= 11 is 0. The molecule has 0 unspecified atom stereocenters. The lowest BCUT2D eigenvalue weighted by atomic mass is 10.0. The molecule has 100 valence electrons. The molecule has 0 atom stereocenters. The molecule has 0 fully saturated rings. The molecule has 0 saturated heterocycles. The van der Waals surface area contributed by atoms with E-state index in [0.29, 0.717) is 6.42 Å². The van der Waals surface area contributed by atoms with E-state index >= 15 is 0 Å². The Hall–Kier alpha value is -1.87. The van der Waals surface area contributed by atoms with E-state index in [0.717, 1.165) is 12.8 Å². The summed E-state index contributed by atoms with van der Waals surface area (Å²) in [4.78, 5) is 11.3. The highest BCUT2D eigenvalue weighted by molar-refractivity contribution is 5.83. The van der Waals surface area contributed by atoms with Gasteiger partial charge < -0.3 is 0 Å². The van der Waals surface area contributed by atoms with Crippen molar-refractivity contribution in [2.24, 2.45) is 0 Å². The maximum Gasteiger partial charge on any atom is 0.234 e. The van der Waals surface area contributed by atoms with Gasteiger partial charge in [0.25, 0.3) is 0 Å². The van der Waals surface area contributed by atoms with Gasteiger partial charge in [0.2, 0.25) is 5.91 Å². The van der Waals surface area contributed by atoms with Gasteiger partial charge in [0.05, 0.1) is 0 Å². The van der Waals surface area contributed by atoms with Crippen molar-refractivity contribution in [2.75, 3.05) is 7.05 Å². The van der Waals surface area contributed by atoms with Crippen LogP contribution in [0.2, 0.25) is 0 Å². The van der Waals surface area contributed by atoms with Crippen molar-refractivity contribution < 1.29 is 4.79 Å². The largest absolute Gasteiger partial charge is 0.292 e. The highest BCUT2D eigenvalue weighted by atomic mass is 16.2. The van der Waals surface area contributed by atoms with Crippen LogP contribution in [-0.4, -0.2) is 13.0 Å². The molecule has 0 saturated carbocycles. The van der Waals surface area contributed by atoms with Crippen LogP contribution in [0, 0.1) is 6.92 Å². The third-order valence-electron chi connectivity index (χ3n) is 3.19. The molecule has 0 radical (unpaired) electrons. The third-order valence-corrected chi connectivity index (χ3v) is 3.19. The summed E-state index contributed by atoms with van der Waals surface area (Å²) in [5.41, 5.74) is 7.79. The predicted octanol–water partition coefficient (Wildman–Crippen LogP) is 2.72. The van der Waals surface area contributed by atoms with Crippen molar-refractivity contribution in [3.05, 3.63) is 47.5 Å². The van der Waals surface area contributed by atoms with E-state index in [4.69, 9.17) is 0 Å². The van der Waals surface area contributed by atoms with Gasteiger partial charge in [-0.15, -0.1) is 0 Å². The van der Waals surface area contributed by atoms with Crippen LogP contribution < -0.4 is 10.9 Å². The first-order valence-corrected chi connectivity index (χ1v) is 6.64. The smallest absolute Gasteiger partial charge is 0.234 e. The third kappa shape index (κ3) is 3.80. The number of hydrogen-bond acceptors (Lipinski definition) is 2. The van der Waals surface area contributed by atoms with Gasteiger partial charge >= 0.3 is 0 Å². The molecule has 0 aliphatic heterocycles. The van der Waals surface area contributed by atoms with Crippen molar-refractivity contribution in [3.8, 4) is 0 Å². The van der Waals surface area contributed by atoms with Gasteiger partial charge in [-0.2, -0.15) is 0 Å². The quantitative estimate of drug-likeness (QED) is 0.808. The highest BCUT2D eigenvalue weighted by Crippen LogP contribution is 2.18. The Morgan fingerprint density at radius 2 is 1.84 bits per heavy atom. The number of benzene rings is 2. The number of carbonyl (C=O) groups excluding carboxylic acids is 1. The van der Waals surface area contributed by atoms with E-state index < -0.39 is 0 Å². The molecular weight excluding hydrogens is 236 g/mol. The summed E-state index contributed by atoms with van der Waals surface area (Å²) in [6.07, 6.45) is 2.35. The molecule has 0 spiro atoms. The maximum absolute atomic E-state index is 11.3. The van der Waals surface area contributed by atoms with Crippen molar-refractivity contribution in [1.29, 1.82) is 0 Å². The monoisotopic (exact) mass is 256 g/mol. The summed E-state index contributed by atoms with van der Waals surface area (Å²) < 4.78 is 0. The van der Waals surface area contributed by atoms with Crippen molar-refractivity contribution in [2.45, 2.75) is 26.2 Å². The van der Waals surface area contributed by atoms with Gasteiger partial charge in [0, 0.05) is 13.5 Å². The Bertz CT molecular complexity index is 578. The van der Waals surface area contributed by atoms with Crippen LogP contribution in [0.15, 0.2) is 36.4 Å². The number of fused-ring (bicyclic) bond motifs is 1. The first-order valence-electron chi connectivity index (χ1n) is 6.64. The molecule has 2 rings (SSSR count). The molecule has 0 aliphatic carbocycles. The Morgan fingerprint density at radius 1 is 1.11 bits per heavy atom. The molecule has 0 heterocycles. The average molecular weight is 256 g/mol. The van der Waals surface area contributed by atoms with E-state index in [9.17, 15) is 4.79 Å². The molecule has 1 amide bonds. The number of amides is 1. The van der Waals surface area contributed by atoms with Crippen LogP contribution in [0.25, 0.3) is 10.8 Å². The predicted molar refractivity (Wildman–Crippen MR) is 78.8 cm³/mol. The summed E-state index contributed by atoms with van der Waals surface area (Å²) in [5.74, 6) is 0.0407. The lowest BCUT2D eigenvalue weighted by Crippen LogP contribution is -2.33. The fourth-order valence-corrected chi connectivity index (χ4v) is 2.23. The first-order chi connectivity index (χ1) is 9.19. The molecule has 0 bridgehead atoms. The second kappa shape index (κ2) is 6.34. The second-order valence-corrected chi connectivity index (χ2v) is 4.84. The van der Waals surface area contributed by atoms with E-state index in [1.165, 1.54) is 21.9 Å². The zero-order valence-electron chi connectivity index (χ0n) is 11.5. The molecule has 2 aromatic carbocycles. The van der Waals surface area contributed by atoms with Crippen LogP contribution in [0.3, 0.4) is 0 Å². The number of rotatable bonds is 5. The topological polar surface area (TPSA) is 41.1 Å². The Kier molecular flexibility index (Phi) is 4.53. The average Bonchev–Trinajstić information content (AvgIpc) is 2.39. The number of hydrazine groups is 1. The number of aryl methyl sites for hydroxylation is 2. The second-order valence-electron chi connectivity index (χ2n) is 4.84. The van der Waals surface area contributed by atoms with E-state index in [1.807, 2.05) is 0 Å². The molecule has 2 N–H and O–H groups in total. The molecule has 19 heavy (non-hydrogen) atoms. The van der Waals surface area contributed by atoms with Gasteiger partial charge in [-0.1, -0.05) is 42.0 Å². The summed E-state index contributed by atoms with van der Waals surface area (Å²) in [7, 11) is 1.70. The minimum Gasteiger partial charge on any atom is -0.292 e. The number of hydrogen-bond donors (Lipinski definition) is 2. The number of carbonyl (C=O) groups is 1. The summed E-state index contributed by atoms with van der Waals surface area (Å²) in [6, 6.07) is 13.0. The summed E-state index contributed by atoms with van der Waals surface area (Å²) in [5, 5.41) is 2.54. The van der Waals surface area contributed by atoms with Gasteiger partial charge in [-0.05, 0) is 36.1 Å². The van der Waals surface area contributed by atoms with Gasteiger partial charge in [0.15, 0.2) is 0 Å². The van der Waals surface area contributed by atoms with E-state index in [1.54, 1.807) is 7.05 Å². The molecular formula is C16H20N2O. The van der Waals surface area contributed by atoms with E-state index in [-0.39, 0.29) is 5.91 Å². The first kappa shape index (κ1) is 13.6. The Morgan fingerprint density at radius 3 is 2.63 bits per heavy atom. The molecule has 0 aliphatic rings.